The molecule has 86 valence electrons. The van der Waals surface area contributed by atoms with Crippen molar-refractivity contribution in [1.29, 1.82) is 0 Å². The summed E-state index contributed by atoms with van der Waals surface area (Å²) in [5.41, 5.74) is 8.17. The Morgan fingerprint density at radius 3 is 2.65 bits per heavy atom. The topological polar surface area (TPSA) is 68.0 Å². The normalized spacial score (nSPS) is 9.94. The standard InChI is InChI=1S/C12H12N3OP/c13-9-3-1-2-4-10(9)15-12(16)8-5-6-11(17)14-7-8/h1-7H,13,17H2,(H,15,16). The zero-order valence-corrected chi connectivity index (χ0v) is 10.2. The Hall–Kier alpha value is -1.93. The predicted molar refractivity (Wildman–Crippen MR) is 72.4 cm³/mol. The number of aromatic nitrogens is 1. The minimum absolute atomic E-state index is 0.222. The van der Waals surface area contributed by atoms with Crippen LogP contribution in [0.25, 0.3) is 0 Å². The number of hydrogen-bond donors (Lipinski definition) is 2. The Morgan fingerprint density at radius 2 is 2.00 bits per heavy atom. The number of carbonyl (C=O) groups is 1. The van der Waals surface area contributed by atoms with Gasteiger partial charge in [-0.1, -0.05) is 21.4 Å². The van der Waals surface area contributed by atoms with Crippen LogP contribution in [0.5, 0.6) is 0 Å². The van der Waals surface area contributed by atoms with Gasteiger partial charge < -0.3 is 11.1 Å². The highest BCUT2D eigenvalue weighted by atomic mass is 31.0. The number of amides is 1. The van der Waals surface area contributed by atoms with Crippen LogP contribution in [-0.4, -0.2) is 10.9 Å². The molecule has 0 spiro atoms. The average molecular weight is 245 g/mol. The Bertz CT molecular complexity index is 540. The largest absolute Gasteiger partial charge is 0.397 e. The summed E-state index contributed by atoms with van der Waals surface area (Å²) in [5, 5.41) is 2.74. The van der Waals surface area contributed by atoms with Gasteiger partial charge in [0.2, 0.25) is 0 Å². The molecule has 3 N–H and O–H groups in total. The second-order valence-electron chi connectivity index (χ2n) is 3.51. The van der Waals surface area contributed by atoms with Gasteiger partial charge in [0.25, 0.3) is 5.91 Å². The van der Waals surface area contributed by atoms with Gasteiger partial charge in [0.15, 0.2) is 0 Å². The maximum Gasteiger partial charge on any atom is 0.257 e. The van der Waals surface area contributed by atoms with Crippen molar-refractivity contribution in [3.8, 4) is 0 Å². The van der Waals surface area contributed by atoms with Gasteiger partial charge in [0.05, 0.1) is 22.4 Å². The Kier molecular flexibility index (Phi) is 3.35. The summed E-state index contributed by atoms with van der Waals surface area (Å²) in [6, 6.07) is 10.6. The molecule has 17 heavy (non-hydrogen) atoms. The van der Waals surface area contributed by atoms with E-state index in [1.165, 1.54) is 6.20 Å². The lowest BCUT2D eigenvalue weighted by Crippen LogP contribution is -2.14. The summed E-state index contributed by atoms with van der Waals surface area (Å²) < 4.78 is 0. The number of carbonyl (C=O) groups excluding carboxylic acids is 1. The van der Waals surface area contributed by atoms with Gasteiger partial charge in [0, 0.05) is 6.20 Å². The third-order valence-corrected chi connectivity index (χ3v) is 2.60. The molecule has 1 heterocycles. The zero-order valence-electron chi connectivity index (χ0n) is 9.05. The van der Waals surface area contributed by atoms with Crippen LogP contribution in [0.3, 0.4) is 0 Å². The molecule has 0 bridgehead atoms. The molecular weight excluding hydrogens is 233 g/mol. The molecule has 0 saturated heterocycles. The minimum atomic E-state index is -0.222. The molecule has 0 radical (unpaired) electrons. The first-order chi connectivity index (χ1) is 8.16. The van der Waals surface area contributed by atoms with Gasteiger partial charge in [-0.05, 0) is 24.3 Å². The lowest BCUT2D eigenvalue weighted by molar-refractivity contribution is 0.102. The molecule has 2 aromatic rings. The number of benzene rings is 1. The van der Waals surface area contributed by atoms with Crippen molar-refractivity contribution in [2.24, 2.45) is 0 Å². The van der Waals surface area contributed by atoms with Crippen molar-refractivity contribution in [2.45, 2.75) is 0 Å². The molecular formula is C12H12N3OP. The molecule has 5 heteroatoms. The molecule has 0 aliphatic carbocycles. The highest BCUT2D eigenvalue weighted by Crippen LogP contribution is 2.17. The summed E-state index contributed by atoms with van der Waals surface area (Å²) in [4.78, 5) is 15.9. The molecule has 0 aliphatic heterocycles. The predicted octanol–water partition coefficient (Wildman–Crippen LogP) is 1.42. The van der Waals surface area contributed by atoms with E-state index in [1.807, 2.05) is 12.1 Å². The fraction of sp³-hybridized carbons (Fsp3) is 0. The van der Waals surface area contributed by atoms with Gasteiger partial charge in [-0.25, -0.2) is 0 Å². The Balaban J connectivity index is 2.17. The number of pyridine rings is 1. The van der Waals surface area contributed by atoms with Crippen LogP contribution in [0.15, 0.2) is 42.6 Å². The monoisotopic (exact) mass is 245 g/mol. The van der Waals surface area contributed by atoms with Crippen LogP contribution in [0.1, 0.15) is 10.4 Å². The number of rotatable bonds is 2. The van der Waals surface area contributed by atoms with E-state index in [1.54, 1.807) is 24.3 Å². The van der Waals surface area contributed by atoms with Gasteiger partial charge in [-0.3, -0.25) is 9.78 Å². The number of nitrogens with one attached hydrogen (secondary N) is 1. The first-order valence-corrected chi connectivity index (χ1v) is 5.62. The fourth-order valence-electron chi connectivity index (χ4n) is 1.34. The van der Waals surface area contributed by atoms with Crippen molar-refractivity contribution in [1.82, 2.24) is 4.98 Å². The maximum absolute atomic E-state index is 11.9. The van der Waals surface area contributed by atoms with Crippen molar-refractivity contribution in [3.63, 3.8) is 0 Å². The van der Waals surface area contributed by atoms with Crippen molar-refractivity contribution >= 4 is 32.0 Å². The fourth-order valence-corrected chi connectivity index (χ4v) is 1.52. The van der Waals surface area contributed by atoms with E-state index in [9.17, 15) is 4.79 Å². The highest BCUT2D eigenvalue weighted by Gasteiger charge is 2.07. The molecule has 0 saturated carbocycles. The Morgan fingerprint density at radius 1 is 1.24 bits per heavy atom. The van der Waals surface area contributed by atoms with E-state index in [0.29, 0.717) is 16.9 Å². The van der Waals surface area contributed by atoms with Crippen LogP contribution in [-0.2, 0) is 0 Å². The number of anilines is 2. The first-order valence-electron chi connectivity index (χ1n) is 5.04. The lowest BCUT2D eigenvalue weighted by atomic mass is 10.2. The lowest BCUT2D eigenvalue weighted by Gasteiger charge is -2.07. The van der Waals surface area contributed by atoms with E-state index in [2.05, 4.69) is 19.5 Å². The number of hydrogen-bond acceptors (Lipinski definition) is 3. The first kappa shape index (κ1) is 11.6. The number of nitrogen functional groups attached to an aromatic ring is 1. The summed E-state index contributed by atoms with van der Waals surface area (Å²) in [6.45, 7) is 0. The van der Waals surface area contributed by atoms with Crippen molar-refractivity contribution < 1.29 is 4.79 Å². The average Bonchev–Trinajstić information content (AvgIpc) is 2.33. The summed E-state index contributed by atoms with van der Waals surface area (Å²) in [7, 11) is 2.47. The van der Waals surface area contributed by atoms with Crippen LogP contribution in [0.2, 0.25) is 0 Å². The van der Waals surface area contributed by atoms with Gasteiger partial charge >= 0.3 is 0 Å². The summed E-state index contributed by atoms with van der Waals surface area (Å²) >= 11 is 0. The SMILES string of the molecule is Nc1ccccc1NC(=O)c1ccc(P)nc1. The molecule has 4 nitrogen and oxygen atoms in total. The maximum atomic E-state index is 11.9. The second-order valence-corrected chi connectivity index (χ2v) is 4.10. The van der Waals surface area contributed by atoms with Gasteiger partial charge in [-0.15, -0.1) is 0 Å². The second kappa shape index (κ2) is 4.93. The van der Waals surface area contributed by atoms with Crippen LogP contribution in [0.4, 0.5) is 11.4 Å². The summed E-state index contributed by atoms with van der Waals surface area (Å²) in [6.07, 6.45) is 1.52. The molecule has 1 unspecified atom stereocenters. The molecule has 0 fully saturated rings. The molecule has 1 amide bonds. The number of para-hydroxylation sites is 2. The Labute approximate surface area is 101 Å². The molecule has 1 atom stereocenters. The molecule has 1 aromatic heterocycles. The molecule has 1 aromatic carbocycles. The highest BCUT2D eigenvalue weighted by molar-refractivity contribution is 7.26. The van der Waals surface area contributed by atoms with Crippen LogP contribution >= 0.6 is 9.24 Å². The quantitative estimate of drug-likeness (QED) is 0.621. The van der Waals surface area contributed by atoms with E-state index in [0.717, 1.165) is 5.44 Å². The zero-order chi connectivity index (χ0) is 12.3. The van der Waals surface area contributed by atoms with Crippen molar-refractivity contribution in [3.05, 3.63) is 48.2 Å². The smallest absolute Gasteiger partial charge is 0.257 e. The van der Waals surface area contributed by atoms with Gasteiger partial charge in [-0.2, -0.15) is 0 Å². The minimum Gasteiger partial charge on any atom is -0.397 e. The van der Waals surface area contributed by atoms with E-state index >= 15 is 0 Å². The summed E-state index contributed by atoms with van der Waals surface area (Å²) in [5.74, 6) is -0.222. The third-order valence-electron chi connectivity index (χ3n) is 2.26. The third kappa shape index (κ3) is 2.80. The molecule has 0 aliphatic rings. The number of nitrogens with zero attached hydrogens (tertiary/aromatic N) is 1. The van der Waals surface area contributed by atoms with Crippen LogP contribution < -0.4 is 16.5 Å². The number of nitrogens with two attached hydrogens (primary N) is 1. The van der Waals surface area contributed by atoms with Crippen LogP contribution in [0, 0.1) is 0 Å². The molecule has 2 rings (SSSR count). The van der Waals surface area contributed by atoms with E-state index in [4.69, 9.17) is 5.73 Å². The van der Waals surface area contributed by atoms with E-state index in [-0.39, 0.29) is 5.91 Å². The van der Waals surface area contributed by atoms with Crippen molar-refractivity contribution in [2.75, 3.05) is 11.1 Å². The van der Waals surface area contributed by atoms with Gasteiger partial charge in [0.1, 0.15) is 0 Å². The van der Waals surface area contributed by atoms with E-state index < -0.39 is 0 Å².